The second-order valence-corrected chi connectivity index (χ2v) is 16.9. The Morgan fingerprint density at radius 3 is 2.22 bits per heavy atom. The summed E-state index contributed by atoms with van der Waals surface area (Å²) < 4.78 is 43.5. The zero-order valence-corrected chi connectivity index (χ0v) is 29.0. The van der Waals surface area contributed by atoms with Crippen molar-refractivity contribution < 1.29 is 41.3 Å². The molecule has 0 aromatic heterocycles. The van der Waals surface area contributed by atoms with E-state index in [1.807, 2.05) is 27.7 Å². The molecule has 8 atom stereocenters. The van der Waals surface area contributed by atoms with Crippen LogP contribution in [0.2, 0.25) is 0 Å². The third-order valence-corrected chi connectivity index (χ3v) is 12.2. The van der Waals surface area contributed by atoms with Crippen molar-refractivity contribution in [2.75, 3.05) is 13.7 Å². The Hall–Kier alpha value is -2.31. The number of hydrogen-bond acceptors (Lipinski definition) is 9. The number of carbonyl (C=O) groups excluding carboxylic acids is 4. The van der Waals surface area contributed by atoms with Crippen LogP contribution in [0.3, 0.4) is 0 Å². The molecule has 4 aliphatic rings. The van der Waals surface area contributed by atoms with Crippen molar-refractivity contribution in [1.82, 2.24) is 4.90 Å². The molecular formula is C33H44BrNO9S. The van der Waals surface area contributed by atoms with Gasteiger partial charge in [-0.25, -0.2) is 0 Å². The average Bonchev–Trinajstić information content (AvgIpc) is 3.78. The van der Waals surface area contributed by atoms with E-state index in [1.54, 1.807) is 12.1 Å². The third-order valence-electron chi connectivity index (χ3n) is 10.3. The summed E-state index contributed by atoms with van der Waals surface area (Å²) in [4.78, 5) is 55.5. The van der Waals surface area contributed by atoms with Gasteiger partial charge in [-0.2, -0.15) is 8.42 Å². The second-order valence-electron chi connectivity index (χ2n) is 14.4. The van der Waals surface area contributed by atoms with Crippen molar-refractivity contribution in [3.63, 3.8) is 0 Å². The van der Waals surface area contributed by atoms with Gasteiger partial charge in [-0.15, -0.1) is 0 Å². The van der Waals surface area contributed by atoms with Crippen LogP contribution < -0.4 is 0 Å². The Bertz CT molecular complexity index is 1430. The summed E-state index contributed by atoms with van der Waals surface area (Å²) in [5.74, 6) is -1.25. The number of halogens is 1. The summed E-state index contributed by atoms with van der Waals surface area (Å²) in [6, 6.07) is 4.96. The van der Waals surface area contributed by atoms with E-state index in [1.165, 1.54) is 30.6 Å². The van der Waals surface area contributed by atoms with Gasteiger partial charge in [-0.3, -0.25) is 23.4 Å². The summed E-state index contributed by atoms with van der Waals surface area (Å²) >= 11 is 3.29. The normalized spacial score (nSPS) is 31.2. The first kappa shape index (κ1) is 34.0. The van der Waals surface area contributed by atoms with Crippen LogP contribution in [0.15, 0.2) is 33.6 Å². The van der Waals surface area contributed by atoms with Gasteiger partial charge in [0.15, 0.2) is 5.78 Å². The Labute approximate surface area is 274 Å². The molecule has 0 spiro atoms. The third kappa shape index (κ3) is 7.32. The maximum atomic E-state index is 14.3. The molecule has 1 aromatic rings. The van der Waals surface area contributed by atoms with Gasteiger partial charge in [-0.1, -0.05) is 50.0 Å². The van der Waals surface area contributed by atoms with Crippen LogP contribution in [-0.2, 0) is 43.0 Å². The number of amides is 1. The lowest BCUT2D eigenvalue weighted by Crippen LogP contribution is -2.48. The van der Waals surface area contributed by atoms with Crippen LogP contribution >= 0.6 is 15.9 Å². The number of ether oxygens (including phenoxy) is 2. The Morgan fingerprint density at radius 2 is 1.67 bits per heavy atom. The van der Waals surface area contributed by atoms with Crippen molar-refractivity contribution in [2.45, 2.75) is 102 Å². The monoisotopic (exact) mass is 709 g/mol. The van der Waals surface area contributed by atoms with Gasteiger partial charge in [-0.05, 0) is 73.1 Å². The number of nitrogens with zero attached hydrogens (tertiary/aromatic N) is 1. The molecule has 1 amide bonds. The molecule has 0 N–H and O–H groups in total. The first-order chi connectivity index (χ1) is 21.1. The quantitative estimate of drug-likeness (QED) is 0.216. The zero-order chi connectivity index (χ0) is 32.9. The van der Waals surface area contributed by atoms with Crippen molar-refractivity contribution in [3.05, 3.63) is 28.7 Å². The highest BCUT2D eigenvalue weighted by Gasteiger charge is 2.62. The zero-order valence-electron chi connectivity index (χ0n) is 26.6. The maximum absolute atomic E-state index is 14.3. The topological polar surface area (TPSA) is 133 Å². The number of methoxy groups -OCH3 is 1. The highest BCUT2D eigenvalue weighted by Crippen LogP contribution is 2.58. The molecule has 0 radical (unpaired) electrons. The van der Waals surface area contributed by atoms with Crippen molar-refractivity contribution in [1.29, 1.82) is 0 Å². The summed E-state index contributed by atoms with van der Waals surface area (Å²) in [5.41, 5.74) is -1.62. The van der Waals surface area contributed by atoms with E-state index >= 15 is 0 Å². The van der Waals surface area contributed by atoms with Crippen LogP contribution in [0.1, 0.15) is 79.1 Å². The first-order valence-corrected chi connectivity index (χ1v) is 18.1. The van der Waals surface area contributed by atoms with Crippen LogP contribution in [0.5, 0.6) is 0 Å². The number of esters is 2. The van der Waals surface area contributed by atoms with E-state index in [4.69, 9.17) is 13.7 Å². The first-order valence-electron chi connectivity index (χ1n) is 15.9. The highest BCUT2D eigenvalue weighted by atomic mass is 79.9. The molecule has 1 aliphatic heterocycles. The molecule has 248 valence electrons. The predicted molar refractivity (Wildman–Crippen MR) is 167 cm³/mol. The fourth-order valence-electron chi connectivity index (χ4n) is 7.46. The standard InChI is InChI=1S/C33H44BrNO9S/c1-6-21-16-33(21,31(39)42-5)17-28(36)27-14-24(44-45(40,41)25-9-7-22(34)8-10-25)18-35(27)30(38)26(32(2,3)4)15-29(37)43-23-12-19-11-20(19)13-23/h7-10,19-21,23-24,26-27H,6,11-18H2,1-5H3/t19-,20+,21-,23?,24-,26-,27+,33?/m1/s1. The molecule has 10 nitrogen and oxygen atoms in total. The molecule has 0 bridgehead atoms. The summed E-state index contributed by atoms with van der Waals surface area (Å²) in [6.07, 6.45) is 2.68. The fourth-order valence-corrected chi connectivity index (χ4v) is 8.80. The summed E-state index contributed by atoms with van der Waals surface area (Å²) in [7, 11) is -2.92. The van der Waals surface area contributed by atoms with Crippen LogP contribution in [0.4, 0.5) is 0 Å². The number of ketones is 1. The fraction of sp³-hybridized carbons (Fsp3) is 0.697. The second kappa shape index (κ2) is 12.7. The van der Waals surface area contributed by atoms with Crippen molar-refractivity contribution in [2.24, 2.45) is 34.5 Å². The van der Waals surface area contributed by atoms with Gasteiger partial charge >= 0.3 is 11.9 Å². The van der Waals surface area contributed by atoms with Gasteiger partial charge in [0.2, 0.25) is 5.91 Å². The van der Waals surface area contributed by atoms with E-state index in [9.17, 15) is 27.6 Å². The lowest BCUT2D eigenvalue weighted by atomic mass is 9.77. The molecule has 3 saturated carbocycles. The molecule has 3 aliphatic carbocycles. The molecule has 45 heavy (non-hydrogen) atoms. The average molecular weight is 711 g/mol. The summed E-state index contributed by atoms with van der Waals surface area (Å²) in [6.45, 7) is 7.36. The van der Waals surface area contributed by atoms with Crippen LogP contribution in [0, 0.1) is 34.5 Å². The molecule has 12 heteroatoms. The van der Waals surface area contributed by atoms with Crippen molar-refractivity contribution >= 4 is 49.7 Å². The number of benzene rings is 1. The van der Waals surface area contributed by atoms with E-state index in [-0.39, 0.29) is 48.5 Å². The number of rotatable bonds is 12. The van der Waals surface area contributed by atoms with Crippen LogP contribution in [0.25, 0.3) is 0 Å². The molecular weight excluding hydrogens is 666 g/mol. The largest absolute Gasteiger partial charge is 0.469 e. The van der Waals surface area contributed by atoms with E-state index in [0.29, 0.717) is 29.2 Å². The Kier molecular flexibility index (Phi) is 9.61. The van der Waals surface area contributed by atoms with Gasteiger partial charge in [0.05, 0.1) is 41.9 Å². The van der Waals surface area contributed by atoms with E-state index in [2.05, 4.69) is 15.9 Å². The minimum atomic E-state index is -4.21. The van der Waals surface area contributed by atoms with Gasteiger partial charge < -0.3 is 14.4 Å². The minimum Gasteiger partial charge on any atom is -0.469 e. The lowest BCUT2D eigenvalue weighted by Gasteiger charge is -2.35. The minimum absolute atomic E-state index is 0.0111. The van der Waals surface area contributed by atoms with Crippen LogP contribution in [-0.4, -0.2) is 68.9 Å². The van der Waals surface area contributed by atoms with E-state index in [0.717, 1.165) is 12.8 Å². The Morgan fingerprint density at radius 1 is 1.02 bits per heavy atom. The Balaban J connectivity index is 1.37. The molecule has 5 rings (SSSR count). The van der Waals surface area contributed by atoms with Gasteiger partial charge in [0.1, 0.15) is 6.10 Å². The number of Topliss-reactive ketones (excluding diaryl/α,β-unsaturated/α-hetero) is 1. The number of hydrogen-bond donors (Lipinski definition) is 0. The van der Waals surface area contributed by atoms with Gasteiger partial charge in [0.25, 0.3) is 10.1 Å². The van der Waals surface area contributed by atoms with E-state index < -0.39 is 56.9 Å². The predicted octanol–water partition coefficient (Wildman–Crippen LogP) is 5.07. The molecule has 4 fully saturated rings. The number of fused-ring (bicyclic) bond motifs is 1. The molecule has 1 heterocycles. The van der Waals surface area contributed by atoms with Gasteiger partial charge in [0, 0.05) is 23.9 Å². The summed E-state index contributed by atoms with van der Waals surface area (Å²) in [5, 5.41) is 0. The molecule has 2 unspecified atom stereocenters. The lowest BCUT2D eigenvalue weighted by molar-refractivity contribution is -0.157. The number of likely N-dealkylation sites (tertiary alicyclic amines) is 1. The smallest absolute Gasteiger partial charge is 0.312 e. The molecule has 1 saturated heterocycles. The highest BCUT2D eigenvalue weighted by molar-refractivity contribution is 9.10. The van der Waals surface area contributed by atoms with Crippen molar-refractivity contribution in [3.8, 4) is 0 Å². The molecule has 1 aromatic carbocycles. The SMILES string of the molecule is CC[C@@H]1CC1(CC(=O)[C@@H]1C[C@@H](OS(=O)(=O)c2ccc(Br)cc2)CN1C(=O)[C@@H](CC(=O)OC1C[C@@H]2C[C@@H]2C1)C(C)(C)C)C(=O)OC. The number of carbonyl (C=O) groups is 4. The maximum Gasteiger partial charge on any atom is 0.312 e.